The average Bonchev–Trinajstić information content (AvgIpc) is 2.47. The summed E-state index contributed by atoms with van der Waals surface area (Å²) in [5.41, 5.74) is -0.821. The Morgan fingerprint density at radius 1 is 1.05 bits per heavy atom. The summed E-state index contributed by atoms with van der Waals surface area (Å²) in [7, 11) is 0. The third-order valence-corrected chi connectivity index (χ3v) is 2.76. The Hall–Kier alpha value is -2.52. The molecule has 0 aliphatic carbocycles. The SMILES string of the molecule is N#Cc1ccc(Oc2ccc(CO)cc2)cc1C(F)(F)F. The molecule has 0 aromatic heterocycles. The molecule has 0 saturated heterocycles. The van der Waals surface area contributed by atoms with Crippen LogP contribution in [-0.4, -0.2) is 5.11 Å². The number of halogens is 3. The van der Waals surface area contributed by atoms with Crippen molar-refractivity contribution in [2.75, 3.05) is 0 Å². The molecule has 2 rings (SSSR count). The highest BCUT2D eigenvalue weighted by Crippen LogP contribution is 2.35. The van der Waals surface area contributed by atoms with Crippen molar-refractivity contribution in [3.05, 3.63) is 59.2 Å². The molecule has 2 aromatic carbocycles. The van der Waals surface area contributed by atoms with Crippen LogP contribution in [-0.2, 0) is 12.8 Å². The molecule has 0 radical (unpaired) electrons. The van der Waals surface area contributed by atoms with Crippen molar-refractivity contribution in [2.24, 2.45) is 0 Å². The Balaban J connectivity index is 2.30. The van der Waals surface area contributed by atoms with E-state index < -0.39 is 17.3 Å². The summed E-state index contributed by atoms with van der Waals surface area (Å²) < 4.78 is 43.8. The Morgan fingerprint density at radius 3 is 2.19 bits per heavy atom. The molecule has 0 aliphatic heterocycles. The van der Waals surface area contributed by atoms with Crippen molar-refractivity contribution in [1.82, 2.24) is 0 Å². The lowest BCUT2D eigenvalue weighted by molar-refractivity contribution is -0.137. The summed E-state index contributed by atoms with van der Waals surface area (Å²) in [5.74, 6) is 0.322. The largest absolute Gasteiger partial charge is 0.457 e. The topological polar surface area (TPSA) is 53.2 Å². The van der Waals surface area contributed by atoms with Crippen LogP contribution in [0.4, 0.5) is 13.2 Å². The molecule has 1 N–H and O–H groups in total. The van der Waals surface area contributed by atoms with Gasteiger partial charge in [0, 0.05) is 0 Å². The minimum atomic E-state index is -4.62. The summed E-state index contributed by atoms with van der Waals surface area (Å²) >= 11 is 0. The lowest BCUT2D eigenvalue weighted by Gasteiger charge is -2.11. The van der Waals surface area contributed by atoms with E-state index in [2.05, 4.69) is 0 Å². The predicted molar refractivity (Wildman–Crippen MR) is 68.6 cm³/mol. The summed E-state index contributed by atoms with van der Waals surface area (Å²) in [6, 6.07) is 10.9. The van der Waals surface area contributed by atoms with Crippen molar-refractivity contribution in [3.63, 3.8) is 0 Å². The van der Waals surface area contributed by atoms with E-state index in [1.165, 1.54) is 24.3 Å². The number of aliphatic hydroxyl groups excluding tert-OH is 1. The van der Waals surface area contributed by atoms with Gasteiger partial charge >= 0.3 is 6.18 Å². The molecular weight excluding hydrogens is 283 g/mol. The third kappa shape index (κ3) is 3.52. The van der Waals surface area contributed by atoms with E-state index in [0.717, 1.165) is 12.1 Å². The molecule has 0 atom stereocenters. The highest BCUT2D eigenvalue weighted by atomic mass is 19.4. The van der Waals surface area contributed by atoms with Gasteiger partial charge < -0.3 is 9.84 Å². The maximum absolute atomic E-state index is 12.8. The van der Waals surface area contributed by atoms with E-state index >= 15 is 0 Å². The van der Waals surface area contributed by atoms with Gasteiger partial charge in [0.2, 0.25) is 0 Å². The fourth-order valence-electron chi connectivity index (χ4n) is 1.72. The van der Waals surface area contributed by atoms with Gasteiger partial charge in [-0.2, -0.15) is 18.4 Å². The van der Waals surface area contributed by atoms with Gasteiger partial charge in [0.1, 0.15) is 11.5 Å². The number of rotatable bonds is 3. The molecule has 0 spiro atoms. The van der Waals surface area contributed by atoms with Crippen LogP contribution in [0.1, 0.15) is 16.7 Å². The third-order valence-electron chi connectivity index (χ3n) is 2.76. The summed E-state index contributed by atoms with van der Waals surface area (Å²) in [6.07, 6.45) is -4.62. The van der Waals surface area contributed by atoms with Crippen LogP contribution in [0.25, 0.3) is 0 Å². The Labute approximate surface area is 118 Å². The molecule has 0 fully saturated rings. The number of ether oxygens (including phenoxy) is 1. The van der Waals surface area contributed by atoms with Gasteiger partial charge in [-0.15, -0.1) is 0 Å². The Bertz CT molecular complexity index is 673. The van der Waals surface area contributed by atoms with Crippen molar-refractivity contribution in [3.8, 4) is 17.6 Å². The number of nitriles is 1. The molecule has 0 bridgehead atoms. The van der Waals surface area contributed by atoms with E-state index in [9.17, 15) is 13.2 Å². The number of alkyl halides is 3. The second-order valence-electron chi connectivity index (χ2n) is 4.22. The molecule has 108 valence electrons. The molecule has 0 amide bonds. The monoisotopic (exact) mass is 293 g/mol. The lowest BCUT2D eigenvalue weighted by atomic mass is 10.1. The summed E-state index contributed by atoms with van der Waals surface area (Å²) in [6.45, 7) is -0.130. The van der Waals surface area contributed by atoms with Gasteiger partial charge in [-0.3, -0.25) is 0 Å². The maximum atomic E-state index is 12.8. The fraction of sp³-hybridized carbons (Fsp3) is 0.133. The minimum absolute atomic E-state index is 0.0157. The van der Waals surface area contributed by atoms with Gasteiger partial charge in [-0.05, 0) is 35.9 Å². The van der Waals surface area contributed by atoms with Crippen LogP contribution in [0.5, 0.6) is 11.5 Å². The van der Waals surface area contributed by atoms with Gasteiger partial charge in [0.25, 0.3) is 0 Å². The molecule has 0 saturated carbocycles. The zero-order chi connectivity index (χ0) is 15.5. The van der Waals surface area contributed by atoms with Crippen molar-refractivity contribution < 1.29 is 23.0 Å². The second-order valence-corrected chi connectivity index (χ2v) is 4.22. The first-order valence-electron chi connectivity index (χ1n) is 5.93. The molecule has 2 aromatic rings. The second kappa shape index (κ2) is 5.85. The van der Waals surface area contributed by atoms with E-state index in [4.69, 9.17) is 15.1 Å². The molecular formula is C15H10F3NO2. The number of benzene rings is 2. The molecule has 21 heavy (non-hydrogen) atoms. The molecule has 0 aliphatic rings. The highest BCUT2D eigenvalue weighted by Gasteiger charge is 2.34. The standard InChI is InChI=1S/C15H10F3NO2/c16-15(17,18)14-7-13(6-3-11(14)8-19)21-12-4-1-10(9-20)2-5-12/h1-7,20H,9H2. The normalized spacial score (nSPS) is 11.0. The molecule has 3 nitrogen and oxygen atoms in total. The van der Waals surface area contributed by atoms with Gasteiger partial charge in [-0.25, -0.2) is 0 Å². The van der Waals surface area contributed by atoms with Crippen LogP contribution in [0.3, 0.4) is 0 Å². The van der Waals surface area contributed by atoms with Crippen LogP contribution < -0.4 is 4.74 Å². The van der Waals surface area contributed by atoms with E-state index in [-0.39, 0.29) is 12.4 Å². The first kappa shape index (κ1) is 14.9. The Kier molecular flexibility index (Phi) is 4.15. The van der Waals surface area contributed by atoms with Gasteiger partial charge in [0.15, 0.2) is 0 Å². The number of hydrogen-bond donors (Lipinski definition) is 1. The number of hydrogen-bond acceptors (Lipinski definition) is 3. The average molecular weight is 293 g/mol. The number of nitrogens with zero attached hydrogens (tertiary/aromatic N) is 1. The van der Waals surface area contributed by atoms with Crippen LogP contribution in [0, 0.1) is 11.3 Å². The van der Waals surface area contributed by atoms with E-state index in [1.807, 2.05) is 0 Å². The summed E-state index contributed by atoms with van der Waals surface area (Å²) in [4.78, 5) is 0. The van der Waals surface area contributed by atoms with Crippen LogP contribution in [0.15, 0.2) is 42.5 Å². The summed E-state index contributed by atoms with van der Waals surface area (Å²) in [5, 5.41) is 17.6. The smallest absolute Gasteiger partial charge is 0.417 e. The van der Waals surface area contributed by atoms with E-state index in [0.29, 0.717) is 11.3 Å². The van der Waals surface area contributed by atoms with Gasteiger partial charge in [0.05, 0.1) is 23.8 Å². The number of aliphatic hydroxyl groups is 1. The van der Waals surface area contributed by atoms with Crippen molar-refractivity contribution >= 4 is 0 Å². The van der Waals surface area contributed by atoms with Gasteiger partial charge in [-0.1, -0.05) is 12.1 Å². The fourth-order valence-corrected chi connectivity index (χ4v) is 1.72. The highest BCUT2D eigenvalue weighted by molar-refractivity contribution is 5.45. The maximum Gasteiger partial charge on any atom is 0.417 e. The lowest BCUT2D eigenvalue weighted by Crippen LogP contribution is -2.07. The minimum Gasteiger partial charge on any atom is -0.457 e. The zero-order valence-corrected chi connectivity index (χ0v) is 10.7. The zero-order valence-electron chi connectivity index (χ0n) is 10.7. The first-order valence-corrected chi connectivity index (χ1v) is 5.93. The Morgan fingerprint density at radius 2 is 1.67 bits per heavy atom. The van der Waals surface area contributed by atoms with Crippen LogP contribution >= 0.6 is 0 Å². The van der Waals surface area contributed by atoms with Crippen molar-refractivity contribution in [2.45, 2.75) is 12.8 Å². The first-order chi connectivity index (χ1) is 9.94. The van der Waals surface area contributed by atoms with Crippen molar-refractivity contribution in [1.29, 1.82) is 5.26 Å². The molecule has 0 heterocycles. The quantitative estimate of drug-likeness (QED) is 0.934. The predicted octanol–water partition coefficient (Wildman–Crippen LogP) is 3.86. The molecule has 6 heteroatoms. The van der Waals surface area contributed by atoms with E-state index in [1.54, 1.807) is 12.1 Å². The molecule has 0 unspecified atom stereocenters. The van der Waals surface area contributed by atoms with Crippen LogP contribution in [0.2, 0.25) is 0 Å².